The number of fused-ring (bicyclic) bond motifs is 1. The molecular formula is C20H21ClN2O2. The Kier molecular flexibility index (Phi) is 5.71. The van der Waals surface area contributed by atoms with E-state index >= 15 is 0 Å². The zero-order valence-corrected chi connectivity index (χ0v) is 15.2. The average molecular weight is 357 g/mol. The van der Waals surface area contributed by atoms with Crippen molar-refractivity contribution >= 4 is 22.5 Å². The quantitative estimate of drug-likeness (QED) is 0.550. The lowest BCUT2D eigenvalue weighted by molar-refractivity contribution is 0.262. The maximum Gasteiger partial charge on any atom is 0.224 e. The second-order valence-corrected chi connectivity index (χ2v) is 6.35. The maximum atomic E-state index is 6.17. The van der Waals surface area contributed by atoms with Crippen LogP contribution in [-0.4, -0.2) is 23.2 Å². The topological polar surface area (TPSA) is 44.2 Å². The lowest BCUT2D eigenvalue weighted by atomic mass is 10.1. The molecule has 1 heterocycles. The second kappa shape index (κ2) is 8.17. The third-order valence-corrected chi connectivity index (χ3v) is 4.56. The number of hydrogen-bond acceptors (Lipinski definition) is 4. The Morgan fingerprint density at radius 1 is 0.920 bits per heavy atom. The van der Waals surface area contributed by atoms with Crippen LogP contribution in [0.1, 0.15) is 24.0 Å². The fourth-order valence-corrected chi connectivity index (χ4v) is 2.76. The minimum absolute atomic E-state index is 0.600. The standard InChI is InChI=1S/C20H21ClN2O2/c1-14-11-16(12-15(2)19(14)21)24-9-5-6-10-25-20-17-7-3-4-8-18(17)22-13-23-20/h3-4,7-8,11-13H,5-6,9-10H2,1-2H3. The van der Waals surface area contributed by atoms with Crippen LogP contribution in [0.25, 0.3) is 10.9 Å². The van der Waals surface area contributed by atoms with Crippen molar-refractivity contribution in [2.45, 2.75) is 26.7 Å². The molecular weight excluding hydrogens is 336 g/mol. The number of para-hydroxylation sites is 1. The lowest BCUT2D eigenvalue weighted by Gasteiger charge is -2.10. The predicted molar refractivity (Wildman–Crippen MR) is 101 cm³/mol. The number of rotatable bonds is 7. The van der Waals surface area contributed by atoms with E-state index in [1.807, 2.05) is 50.2 Å². The highest BCUT2D eigenvalue weighted by atomic mass is 35.5. The number of hydrogen-bond donors (Lipinski definition) is 0. The fraction of sp³-hybridized carbons (Fsp3) is 0.300. The molecule has 0 bridgehead atoms. The third kappa shape index (κ3) is 4.40. The molecule has 0 aliphatic rings. The molecule has 0 saturated heterocycles. The summed E-state index contributed by atoms with van der Waals surface area (Å²) in [5.74, 6) is 1.50. The van der Waals surface area contributed by atoms with Gasteiger partial charge < -0.3 is 9.47 Å². The van der Waals surface area contributed by atoms with Gasteiger partial charge in [-0.15, -0.1) is 0 Å². The number of halogens is 1. The monoisotopic (exact) mass is 356 g/mol. The van der Waals surface area contributed by atoms with Crippen LogP contribution in [0.3, 0.4) is 0 Å². The number of nitrogens with zero attached hydrogens (tertiary/aromatic N) is 2. The van der Waals surface area contributed by atoms with Gasteiger partial charge in [-0.1, -0.05) is 23.7 Å². The molecule has 0 radical (unpaired) electrons. The molecule has 0 spiro atoms. The Balaban J connectivity index is 1.45. The summed E-state index contributed by atoms with van der Waals surface area (Å²) in [6, 6.07) is 11.8. The van der Waals surface area contributed by atoms with Crippen LogP contribution in [0.15, 0.2) is 42.7 Å². The molecule has 0 amide bonds. The minimum atomic E-state index is 0.600. The zero-order valence-electron chi connectivity index (χ0n) is 14.5. The summed E-state index contributed by atoms with van der Waals surface area (Å²) in [6.07, 6.45) is 3.33. The predicted octanol–water partition coefficient (Wildman–Crippen LogP) is 5.14. The SMILES string of the molecule is Cc1cc(OCCCCOc2ncnc3ccccc23)cc(C)c1Cl. The van der Waals surface area contributed by atoms with Gasteiger partial charge in [0, 0.05) is 5.02 Å². The molecule has 0 aliphatic heterocycles. The molecule has 2 aromatic carbocycles. The van der Waals surface area contributed by atoms with Crippen molar-refractivity contribution < 1.29 is 9.47 Å². The Hall–Kier alpha value is -2.33. The lowest BCUT2D eigenvalue weighted by Crippen LogP contribution is -2.04. The van der Waals surface area contributed by atoms with Crippen LogP contribution < -0.4 is 9.47 Å². The highest BCUT2D eigenvalue weighted by Crippen LogP contribution is 2.26. The van der Waals surface area contributed by atoms with E-state index in [4.69, 9.17) is 21.1 Å². The minimum Gasteiger partial charge on any atom is -0.494 e. The van der Waals surface area contributed by atoms with Gasteiger partial charge in [0.25, 0.3) is 0 Å². The molecule has 1 aromatic heterocycles. The summed E-state index contributed by atoms with van der Waals surface area (Å²) in [5, 5.41) is 1.74. The van der Waals surface area contributed by atoms with Crippen molar-refractivity contribution in [2.75, 3.05) is 13.2 Å². The molecule has 0 fully saturated rings. The summed E-state index contributed by atoms with van der Waals surface area (Å²) in [5.41, 5.74) is 2.97. The summed E-state index contributed by atoms with van der Waals surface area (Å²) in [7, 11) is 0. The van der Waals surface area contributed by atoms with E-state index < -0.39 is 0 Å². The largest absolute Gasteiger partial charge is 0.494 e. The van der Waals surface area contributed by atoms with Crippen molar-refractivity contribution in [1.29, 1.82) is 0 Å². The van der Waals surface area contributed by atoms with Gasteiger partial charge in [0.15, 0.2) is 0 Å². The van der Waals surface area contributed by atoms with E-state index in [9.17, 15) is 0 Å². The highest BCUT2D eigenvalue weighted by Gasteiger charge is 2.05. The molecule has 0 N–H and O–H groups in total. The van der Waals surface area contributed by atoms with Crippen LogP contribution in [-0.2, 0) is 0 Å². The van der Waals surface area contributed by atoms with E-state index in [2.05, 4.69) is 9.97 Å². The molecule has 0 atom stereocenters. The maximum absolute atomic E-state index is 6.17. The Bertz CT molecular complexity index is 839. The summed E-state index contributed by atoms with van der Waals surface area (Å²) < 4.78 is 11.6. The van der Waals surface area contributed by atoms with Crippen LogP contribution in [0.2, 0.25) is 5.02 Å². The van der Waals surface area contributed by atoms with Gasteiger partial charge in [0.1, 0.15) is 12.1 Å². The van der Waals surface area contributed by atoms with E-state index in [1.54, 1.807) is 0 Å². The van der Waals surface area contributed by atoms with Crippen LogP contribution in [0.5, 0.6) is 11.6 Å². The normalized spacial score (nSPS) is 10.8. The fourth-order valence-electron chi connectivity index (χ4n) is 2.65. The summed E-state index contributed by atoms with van der Waals surface area (Å²) in [6.45, 7) is 5.22. The molecule has 130 valence electrons. The molecule has 25 heavy (non-hydrogen) atoms. The number of ether oxygens (including phenoxy) is 2. The molecule has 0 saturated carbocycles. The molecule has 0 unspecified atom stereocenters. The van der Waals surface area contributed by atoms with E-state index in [0.29, 0.717) is 19.1 Å². The van der Waals surface area contributed by atoms with Gasteiger partial charge in [0.05, 0.1) is 24.1 Å². The number of benzene rings is 2. The molecule has 5 heteroatoms. The summed E-state index contributed by atoms with van der Waals surface area (Å²) in [4.78, 5) is 8.46. The van der Waals surface area contributed by atoms with Crippen molar-refractivity contribution in [3.8, 4) is 11.6 Å². The Labute approximate surface area is 152 Å². The first-order valence-electron chi connectivity index (χ1n) is 8.37. The molecule has 0 aliphatic carbocycles. The van der Waals surface area contributed by atoms with Gasteiger partial charge in [-0.25, -0.2) is 9.97 Å². The van der Waals surface area contributed by atoms with Crippen molar-refractivity contribution in [2.24, 2.45) is 0 Å². The van der Waals surface area contributed by atoms with Crippen LogP contribution in [0, 0.1) is 13.8 Å². The first-order valence-corrected chi connectivity index (χ1v) is 8.75. The highest BCUT2D eigenvalue weighted by molar-refractivity contribution is 6.32. The summed E-state index contributed by atoms with van der Waals surface area (Å²) >= 11 is 6.17. The first kappa shape index (κ1) is 17.5. The zero-order chi connectivity index (χ0) is 17.6. The smallest absolute Gasteiger partial charge is 0.224 e. The van der Waals surface area contributed by atoms with Crippen molar-refractivity contribution in [3.63, 3.8) is 0 Å². The van der Waals surface area contributed by atoms with Gasteiger partial charge in [0.2, 0.25) is 5.88 Å². The third-order valence-electron chi connectivity index (χ3n) is 3.96. The van der Waals surface area contributed by atoms with Gasteiger partial charge >= 0.3 is 0 Å². The second-order valence-electron chi connectivity index (χ2n) is 5.97. The number of aromatic nitrogens is 2. The molecule has 4 nitrogen and oxygen atoms in total. The Morgan fingerprint density at radius 3 is 2.36 bits per heavy atom. The van der Waals surface area contributed by atoms with E-state index in [1.165, 1.54) is 6.33 Å². The van der Waals surface area contributed by atoms with Gasteiger partial charge in [-0.2, -0.15) is 0 Å². The molecule has 3 aromatic rings. The number of aryl methyl sites for hydroxylation is 2. The van der Waals surface area contributed by atoms with Crippen molar-refractivity contribution in [3.05, 3.63) is 58.9 Å². The van der Waals surface area contributed by atoms with Gasteiger partial charge in [-0.05, 0) is 62.1 Å². The van der Waals surface area contributed by atoms with E-state index in [-0.39, 0.29) is 0 Å². The van der Waals surface area contributed by atoms with Gasteiger partial charge in [-0.3, -0.25) is 0 Å². The van der Waals surface area contributed by atoms with Crippen LogP contribution in [0.4, 0.5) is 0 Å². The van der Waals surface area contributed by atoms with Crippen LogP contribution >= 0.6 is 11.6 Å². The Morgan fingerprint density at radius 2 is 1.60 bits per heavy atom. The number of unbranched alkanes of at least 4 members (excludes halogenated alkanes) is 1. The van der Waals surface area contributed by atoms with E-state index in [0.717, 1.165) is 45.6 Å². The van der Waals surface area contributed by atoms with Crippen molar-refractivity contribution in [1.82, 2.24) is 9.97 Å². The molecule has 3 rings (SSSR count). The first-order chi connectivity index (χ1) is 12.1. The average Bonchev–Trinajstić information content (AvgIpc) is 2.62.